The van der Waals surface area contributed by atoms with E-state index in [1.54, 1.807) is 11.0 Å². The lowest BCUT2D eigenvalue weighted by atomic mass is 9.96. The highest BCUT2D eigenvalue weighted by Crippen LogP contribution is 2.23. The Labute approximate surface area is 173 Å². The van der Waals surface area contributed by atoms with E-state index in [-0.39, 0.29) is 17.3 Å². The van der Waals surface area contributed by atoms with Crippen LogP contribution in [0.5, 0.6) is 0 Å². The molecule has 0 unspecified atom stereocenters. The van der Waals surface area contributed by atoms with Gasteiger partial charge in [0.2, 0.25) is 5.91 Å². The Morgan fingerprint density at radius 3 is 2.73 bits per heavy atom. The minimum atomic E-state index is -3.90. The molecule has 0 saturated carbocycles. The molecule has 2 amide bonds. The molecule has 0 bridgehead atoms. The number of likely N-dealkylation sites (tertiary alicyclic amines) is 1. The molecule has 2 heterocycles. The largest absolute Gasteiger partial charge is 0.338 e. The number of piperidine rings is 1. The lowest BCUT2D eigenvalue weighted by molar-refractivity contribution is -0.126. The molecule has 1 aromatic heterocycles. The zero-order chi connectivity index (χ0) is 21.1. The van der Waals surface area contributed by atoms with Crippen LogP contribution in [0.15, 0.2) is 59.8 Å². The second-order valence-electron chi connectivity index (χ2n) is 7.15. The predicted octanol–water partition coefficient (Wildman–Crippen LogP) is 1.42. The molecule has 0 spiro atoms. The van der Waals surface area contributed by atoms with Crippen LogP contribution in [0.2, 0.25) is 0 Å². The Morgan fingerprint density at radius 2 is 1.93 bits per heavy atom. The number of H-pyrrole nitrogens is 1. The van der Waals surface area contributed by atoms with Gasteiger partial charge >= 0.3 is 0 Å². The first kappa shape index (κ1) is 20.0. The number of rotatable bonds is 5. The summed E-state index contributed by atoms with van der Waals surface area (Å²) in [6, 6.07) is 13.2. The number of hydrogen-bond donors (Lipinski definition) is 3. The van der Waals surface area contributed by atoms with Crippen LogP contribution in [0.4, 0.5) is 0 Å². The van der Waals surface area contributed by atoms with Gasteiger partial charge in [0.05, 0.1) is 12.1 Å². The molecular formula is C20H21N5O4S. The van der Waals surface area contributed by atoms with Crippen molar-refractivity contribution in [3.05, 3.63) is 60.4 Å². The SMILES string of the molecule is O=C(NNS(=O)(=O)c1cn[nH]c1)[C@H]1CCCN(C(=O)c2cccc3ccccc23)C1. The summed E-state index contributed by atoms with van der Waals surface area (Å²) in [4.78, 5) is 29.3. The number of carbonyl (C=O) groups excluding carboxylic acids is 2. The number of fused-ring (bicyclic) bond motifs is 1. The Kier molecular flexibility index (Phi) is 5.51. The van der Waals surface area contributed by atoms with Crippen molar-refractivity contribution < 1.29 is 18.0 Å². The molecule has 9 nitrogen and oxygen atoms in total. The summed E-state index contributed by atoms with van der Waals surface area (Å²) in [6.07, 6.45) is 3.57. The van der Waals surface area contributed by atoms with Crippen molar-refractivity contribution in [2.24, 2.45) is 5.92 Å². The van der Waals surface area contributed by atoms with Crippen molar-refractivity contribution >= 4 is 32.6 Å². The first-order valence-electron chi connectivity index (χ1n) is 9.53. The zero-order valence-electron chi connectivity index (χ0n) is 16.0. The average molecular weight is 427 g/mol. The van der Waals surface area contributed by atoms with E-state index in [0.717, 1.165) is 17.0 Å². The van der Waals surface area contributed by atoms with Crippen LogP contribution in [0, 0.1) is 5.92 Å². The van der Waals surface area contributed by atoms with Gasteiger partial charge in [0.25, 0.3) is 15.9 Å². The van der Waals surface area contributed by atoms with Crippen molar-refractivity contribution in [2.45, 2.75) is 17.7 Å². The molecule has 10 heteroatoms. The lowest BCUT2D eigenvalue weighted by Crippen LogP contribution is -2.49. The van der Waals surface area contributed by atoms with Gasteiger partial charge < -0.3 is 4.90 Å². The van der Waals surface area contributed by atoms with E-state index in [1.165, 1.54) is 6.20 Å². The molecule has 1 aliphatic heterocycles. The van der Waals surface area contributed by atoms with Crippen LogP contribution in [0.1, 0.15) is 23.2 Å². The molecule has 1 atom stereocenters. The highest BCUT2D eigenvalue weighted by Gasteiger charge is 2.30. The molecule has 30 heavy (non-hydrogen) atoms. The summed E-state index contributed by atoms with van der Waals surface area (Å²) in [7, 11) is -3.90. The lowest BCUT2D eigenvalue weighted by Gasteiger charge is -2.32. The highest BCUT2D eigenvalue weighted by molar-refractivity contribution is 7.89. The Bertz CT molecular complexity index is 1170. The van der Waals surface area contributed by atoms with Crippen molar-refractivity contribution in [3.8, 4) is 0 Å². The van der Waals surface area contributed by atoms with E-state index in [2.05, 4.69) is 20.5 Å². The smallest absolute Gasteiger partial charge is 0.260 e. The minimum Gasteiger partial charge on any atom is -0.338 e. The summed E-state index contributed by atoms with van der Waals surface area (Å²) < 4.78 is 24.2. The van der Waals surface area contributed by atoms with Gasteiger partial charge in [0.15, 0.2) is 0 Å². The van der Waals surface area contributed by atoms with E-state index in [1.807, 2.05) is 36.4 Å². The number of sulfonamides is 1. The summed E-state index contributed by atoms with van der Waals surface area (Å²) in [5.41, 5.74) is 2.85. The van der Waals surface area contributed by atoms with Crippen molar-refractivity contribution in [1.29, 1.82) is 0 Å². The van der Waals surface area contributed by atoms with Crippen molar-refractivity contribution in [1.82, 2.24) is 25.4 Å². The Balaban J connectivity index is 1.44. The molecule has 1 saturated heterocycles. The fraction of sp³-hybridized carbons (Fsp3) is 0.250. The molecule has 0 radical (unpaired) electrons. The van der Waals surface area contributed by atoms with Gasteiger partial charge in [-0.05, 0) is 29.7 Å². The normalized spacial score (nSPS) is 17.1. The van der Waals surface area contributed by atoms with Gasteiger partial charge in [-0.2, -0.15) is 5.10 Å². The van der Waals surface area contributed by atoms with E-state index in [9.17, 15) is 18.0 Å². The molecule has 2 aromatic carbocycles. The Morgan fingerprint density at radius 1 is 1.13 bits per heavy atom. The molecule has 0 aliphatic carbocycles. The minimum absolute atomic E-state index is 0.0841. The fourth-order valence-electron chi connectivity index (χ4n) is 3.62. The molecule has 4 rings (SSSR count). The quantitative estimate of drug-likeness (QED) is 0.531. The third-order valence-electron chi connectivity index (χ3n) is 5.19. The number of amides is 2. The fourth-order valence-corrected chi connectivity index (χ4v) is 4.37. The molecule has 156 valence electrons. The first-order chi connectivity index (χ1) is 14.5. The van der Waals surface area contributed by atoms with Gasteiger partial charge in [-0.15, -0.1) is 4.83 Å². The molecule has 3 aromatic rings. The molecule has 1 aliphatic rings. The van der Waals surface area contributed by atoms with E-state index in [4.69, 9.17) is 0 Å². The van der Waals surface area contributed by atoms with E-state index < -0.39 is 21.8 Å². The summed E-state index contributed by atoms with van der Waals surface area (Å²) in [6.45, 7) is 0.772. The number of carbonyl (C=O) groups is 2. The standard InChI is InChI=1S/C20H21N5O4S/c26-19(23-24-30(28,29)16-11-21-22-12-16)15-7-4-10-25(13-15)20(27)18-9-3-6-14-5-1-2-8-17(14)18/h1-3,5-6,8-9,11-12,15,24H,4,7,10,13H2,(H,21,22)(H,23,26)/t15-/m0/s1. The highest BCUT2D eigenvalue weighted by atomic mass is 32.2. The number of hydrazine groups is 1. The van der Waals surface area contributed by atoms with Gasteiger partial charge in [-0.1, -0.05) is 36.4 Å². The maximum absolute atomic E-state index is 13.1. The number of nitrogens with one attached hydrogen (secondary N) is 3. The van der Waals surface area contributed by atoms with Crippen LogP contribution in [-0.2, 0) is 14.8 Å². The predicted molar refractivity (Wildman–Crippen MR) is 110 cm³/mol. The average Bonchev–Trinajstić information content (AvgIpc) is 3.33. The topological polar surface area (TPSA) is 124 Å². The maximum Gasteiger partial charge on any atom is 0.260 e. The number of aromatic amines is 1. The zero-order valence-corrected chi connectivity index (χ0v) is 16.9. The number of nitrogens with zero attached hydrogens (tertiary/aromatic N) is 2. The van der Waals surface area contributed by atoms with Gasteiger partial charge in [-0.3, -0.25) is 20.1 Å². The van der Waals surface area contributed by atoms with Crippen LogP contribution in [0.25, 0.3) is 10.8 Å². The molecular weight excluding hydrogens is 406 g/mol. The molecule has 1 fully saturated rings. The second kappa shape index (κ2) is 8.25. The number of benzene rings is 2. The number of aromatic nitrogens is 2. The third kappa shape index (κ3) is 4.05. The van der Waals surface area contributed by atoms with Crippen molar-refractivity contribution in [3.63, 3.8) is 0 Å². The van der Waals surface area contributed by atoms with E-state index in [0.29, 0.717) is 24.9 Å². The first-order valence-corrected chi connectivity index (χ1v) is 11.0. The van der Waals surface area contributed by atoms with E-state index >= 15 is 0 Å². The Hall–Kier alpha value is -3.24. The third-order valence-corrected chi connectivity index (χ3v) is 6.41. The summed E-state index contributed by atoms with van der Waals surface area (Å²) >= 11 is 0. The van der Waals surface area contributed by atoms with Crippen LogP contribution in [0.3, 0.4) is 0 Å². The number of hydrogen-bond acceptors (Lipinski definition) is 5. The summed E-state index contributed by atoms with van der Waals surface area (Å²) in [5, 5.41) is 7.83. The molecule has 3 N–H and O–H groups in total. The summed E-state index contributed by atoms with van der Waals surface area (Å²) in [5.74, 6) is -1.12. The van der Waals surface area contributed by atoms with Crippen LogP contribution >= 0.6 is 0 Å². The van der Waals surface area contributed by atoms with Gasteiger partial charge in [0, 0.05) is 24.8 Å². The second-order valence-corrected chi connectivity index (χ2v) is 8.83. The van der Waals surface area contributed by atoms with Crippen LogP contribution < -0.4 is 10.3 Å². The van der Waals surface area contributed by atoms with Gasteiger partial charge in [-0.25, -0.2) is 8.42 Å². The monoisotopic (exact) mass is 427 g/mol. The van der Waals surface area contributed by atoms with Crippen molar-refractivity contribution in [2.75, 3.05) is 13.1 Å². The maximum atomic E-state index is 13.1. The van der Waals surface area contributed by atoms with Crippen LogP contribution in [-0.4, -0.2) is 48.4 Å². The van der Waals surface area contributed by atoms with Gasteiger partial charge in [0.1, 0.15) is 4.90 Å².